The van der Waals surface area contributed by atoms with E-state index in [4.69, 9.17) is 0 Å². The molecule has 1 fully saturated rings. The molecular formula is C15H16N4OS. The fourth-order valence-electron chi connectivity index (χ4n) is 2.22. The van der Waals surface area contributed by atoms with Gasteiger partial charge in [0.05, 0.1) is 0 Å². The van der Waals surface area contributed by atoms with E-state index in [0.717, 1.165) is 24.6 Å². The number of anilines is 1. The van der Waals surface area contributed by atoms with E-state index in [1.807, 2.05) is 27.8 Å². The van der Waals surface area contributed by atoms with Crippen LogP contribution in [0.4, 0.5) is 5.95 Å². The third-order valence-electron chi connectivity index (χ3n) is 3.39. The second-order valence-electron chi connectivity index (χ2n) is 4.75. The van der Waals surface area contributed by atoms with E-state index in [9.17, 15) is 4.79 Å². The highest BCUT2D eigenvalue weighted by atomic mass is 32.1. The van der Waals surface area contributed by atoms with Crippen molar-refractivity contribution in [3.63, 3.8) is 0 Å². The van der Waals surface area contributed by atoms with Gasteiger partial charge in [0.1, 0.15) is 0 Å². The summed E-state index contributed by atoms with van der Waals surface area (Å²) in [4.78, 5) is 24.6. The molecular weight excluding hydrogens is 284 g/mol. The molecule has 0 atom stereocenters. The summed E-state index contributed by atoms with van der Waals surface area (Å²) in [5, 5.41) is 4.03. The number of aromatic nitrogens is 2. The molecule has 0 aromatic carbocycles. The summed E-state index contributed by atoms with van der Waals surface area (Å²) in [7, 11) is 0. The van der Waals surface area contributed by atoms with Gasteiger partial charge in [-0.2, -0.15) is 11.3 Å². The lowest BCUT2D eigenvalue weighted by Crippen LogP contribution is -2.48. The van der Waals surface area contributed by atoms with Crippen LogP contribution in [0.1, 0.15) is 5.56 Å². The quantitative estimate of drug-likeness (QED) is 0.812. The molecule has 21 heavy (non-hydrogen) atoms. The molecule has 3 heterocycles. The van der Waals surface area contributed by atoms with Gasteiger partial charge < -0.3 is 9.80 Å². The Morgan fingerprint density at radius 2 is 1.95 bits per heavy atom. The molecule has 1 aliphatic rings. The van der Waals surface area contributed by atoms with Crippen molar-refractivity contribution in [3.8, 4) is 0 Å². The van der Waals surface area contributed by atoms with Crippen molar-refractivity contribution in [1.29, 1.82) is 0 Å². The van der Waals surface area contributed by atoms with Gasteiger partial charge in [-0.25, -0.2) is 9.97 Å². The first kappa shape index (κ1) is 13.8. The maximum absolute atomic E-state index is 12.1. The molecule has 1 amide bonds. The van der Waals surface area contributed by atoms with Crippen molar-refractivity contribution in [3.05, 3.63) is 46.9 Å². The van der Waals surface area contributed by atoms with Gasteiger partial charge in [-0.1, -0.05) is 0 Å². The van der Waals surface area contributed by atoms with Gasteiger partial charge in [0, 0.05) is 44.6 Å². The predicted octanol–water partition coefficient (Wildman–Crippen LogP) is 1.90. The van der Waals surface area contributed by atoms with E-state index < -0.39 is 0 Å². The van der Waals surface area contributed by atoms with Crippen LogP contribution in [-0.2, 0) is 4.79 Å². The van der Waals surface area contributed by atoms with E-state index in [1.54, 1.807) is 35.9 Å². The number of nitrogens with zero attached hydrogens (tertiary/aromatic N) is 4. The van der Waals surface area contributed by atoms with Crippen molar-refractivity contribution in [2.24, 2.45) is 0 Å². The molecule has 0 bridgehead atoms. The van der Waals surface area contributed by atoms with Crippen LogP contribution in [0.5, 0.6) is 0 Å². The van der Waals surface area contributed by atoms with Crippen molar-refractivity contribution in [2.45, 2.75) is 0 Å². The first-order valence-corrected chi connectivity index (χ1v) is 7.78. The molecule has 3 rings (SSSR count). The monoisotopic (exact) mass is 300 g/mol. The number of hydrogen-bond donors (Lipinski definition) is 0. The third-order valence-corrected chi connectivity index (χ3v) is 4.09. The average molecular weight is 300 g/mol. The SMILES string of the molecule is O=C(C=Cc1ccsc1)N1CCN(c2ncccn2)CC1. The van der Waals surface area contributed by atoms with Crippen molar-refractivity contribution in [2.75, 3.05) is 31.1 Å². The van der Waals surface area contributed by atoms with E-state index in [0.29, 0.717) is 13.1 Å². The van der Waals surface area contributed by atoms with Crippen molar-refractivity contribution in [1.82, 2.24) is 14.9 Å². The number of piperazine rings is 1. The number of amides is 1. The molecule has 2 aromatic heterocycles. The number of carbonyl (C=O) groups excluding carboxylic acids is 1. The maximum Gasteiger partial charge on any atom is 0.246 e. The number of rotatable bonds is 3. The molecule has 0 unspecified atom stereocenters. The summed E-state index contributed by atoms with van der Waals surface area (Å²) in [6, 6.07) is 3.80. The minimum atomic E-state index is 0.0647. The highest BCUT2D eigenvalue weighted by Gasteiger charge is 2.20. The highest BCUT2D eigenvalue weighted by molar-refractivity contribution is 7.08. The van der Waals surface area contributed by atoms with E-state index in [-0.39, 0.29) is 5.91 Å². The van der Waals surface area contributed by atoms with Gasteiger partial charge in [0.2, 0.25) is 11.9 Å². The van der Waals surface area contributed by atoms with Gasteiger partial charge in [-0.3, -0.25) is 4.79 Å². The number of hydrogen-bond acceptors (Lipinski definition) is 5. The zero-order chi connectivity index (χ0) is 14.5. The van der Waals surface area contributed by atoms with Crippen LogP contribution < -0.4 is 4.90 Å². The molecule has 0 N–H and O–H groups in total. The Hall–Kier alpha value is -2.21. The first-order valence-electron chi connectivity index (χ1n) is 6.84. The van der Waals surface area contributed by atoms with Crippen LogP contribution in [0.2, 0.25) is 0 Å². The fourth-order valence-corrected chi connectivity index (χ4v) is 2.85. The van der Waals surface area contributed by atoms with Crippen LogP contribution in [-0.4, -0.2) is 47.0 Å². The number of thiophene rings is 1. The van der Waals surface area contributed by atoms with Gasteiger partial charge in [0.15, 0.2) is 0 Å². The summed E-state index contributed by atoms with van der Waals surface area (Å²) in [5.41, 5.74) is 1.07. The Kier molecular flexibility index (Phi) is 4.25. The Balaban J connectivity index is 1.55. The van der Waals surface area contributed by atoms with E-state index in [1.165, 1.54) is 0 Å². The van der Waals surface area contributed by atoms with E-state index in [2.05, 4.69) is 14.9 Å². The van der Waals surface area contributed by atoms with Crippen molar-refractivity contribution >= 4 is 29.3 Å². The summed E-state index contributed by atoms with van der Waals surface area (Å²) in [6.45, 7) is 2.93. The lowest BCUT2D eigenvalue weighted by Gasteiger charge is -2.34. The zero-order valence-corrected chi connectivity index (χ0v) is 12.4. The molecule has 0 aliphatic carbocycles. The summed E-state index contributed by atoms with van der Waals surface area (Å²) >= 11 is 1.63. The summed E-state index contributed by atoms with van der Waals surface area (Å²) < 4.78 is 0. The predicted molar refractivity (Wildman–Crippen MR) is 84.2 cm³/mol. The van der Waals surface area contributed by atoms with Gasteiger partial charge >= 0.3 is 0 Å². The molecule has 5 nitrogen and oxygen atoms in total. The fraction of sp³-hybridized carbons (Fsp3) is 0.267. The molecule has 0 spiro atoms. The minimum Gasteiger partial charge on any atom is -0.337 e. The second kappa shape index (κ2) is 6.49. The minimum absolute atomic E-state index is 0.0647. The highest BCUT2D eigenvalue weighted by Crippen LogP contribution is 2.11. The lowest BCUT2D eigenvalue weighted by atomic mass is 10.2. The van der Waals surface area contributed by atoms with Gasteiger partial charge in [-0.15, -0.1) is 0 Å². The third kappa shape index (κ3) is 3.46. The molecule has 0 radical (unpaired) electrons. The smallest absolute Gasteiger partial charge is 0.246 e. The van der Waals surface area contributed by atoms with Gasteiger partial charge in [0.25, 0.3) is 0 Å². The Morgan fingerprint density at radius 3 is 2.62 bits per heavy atom. The van der Waals surface area contributed by atoms with Gasteiger partial charge in [-0.05, 0) is 34.5 Å². The Morgan fingerprint density at radius 1 is 1.19 bits per heavy atom. The maximum atomic E-state index is 12.1. The molecule has 1 aliphatic heterocycles. The second-order valence-corrected chi connectivity index (χ2v) is 5.53. The largest absolute Gasteiger partial charge is 0.337 e. The zero-order valence-electron chi connectivity index (χ0n) is 11.6. The molecule has 1 saturated heterocycles. The van der Waals surface area contributed by atoms with Crippen LogP contribution in [0.15, 0.2) is 41.4 Å². The first-order chi connectivity index (χ1) is 10.3. The average Bonchev–Trinajstić information content (AvgIpc) is 3.07. The topological polar surface area (TPSA) is 49.3 Å². The van der Waals surface area contributed by atoms with Crippen LogP contribution in [0.3, 0.4) is 0 Å². The van der Waals surface area contributed by atoms with E-state index >= 15 is 0 Å². The summed E-state index contributed by atoms with van der Waals surface area (Å²) in [6.07, 6.45) is 7.00. The normalized spacial score (nSPS) is 15.6. The molecule has 2 aromatic rings. The lowest BCUT2D eigenvalue weighted by molar-refractivity contribution is -0.126. The Labute approximate surface area is 127 Å². The van der Waals surface area contributed by atoms with Crippen LogP contribution in [0, 0.1) is 0 Å². The molecule has 108 valence electrons. The summed E-state index contributed by atoms with van der Waals surface area (Å²) in [5.74, 6) is 0.799. The van der Waals surface area contributed by atoms with Crippen molar-refractivity contribution < 1.29 is 4.79 Å². The Bertz CT molecular complexity index is 604. The molecule has 0 saturated carbocycles. The molecule has 6 heteroatoms. The van der Waals surface area contributed by atoms with Crippen LogP contribution >= 0.6 is 11.3 Å². The number of carbonyl (C=O) groups is 1. The van der Waals surface area contributed by atoms with Crippen LogP contribution in [0.25, 0.3) is 6.08 Å². The standard InChI is InChI=1S/C15H16N4OS/c20-14(3-2-13-4-11-21-12-13)18-7-9-19(10-8-18)15-16-5-1-6-17-15/h1-6,11-12H,7-10H2.